The van der Waals surface area contributed by atoms with Gasteiger partial charge in [0.05, 0.1) is 11.0 Å². The molecular formula is C14H15ClN4S. The number of nitrogens with zero attached hydrogens (tertiary/aromatic N) is 3. The number of aromatic nitrogens is 3. The molecule has 104 valence electrons. The molecule has 3 aromatic rings. The van der Waals surface area contributed by atoms with E-state index in [-0.39, 0.29) is 0 Å². The van der Waals surface area contributed by atoms with Crippen molar-refractivity contribution in [3.63, 3.8) is 0 Å². The maximum Gasteiger partial charge on any atom is 0.160 e. The van der Waals surface area contributed by atoms with Gasteiger partial charge in [0, 0.05) is 23.5 Å². The zero-order valence-electron chi connectivity index (χ0n) is 11.1. The third kappa shape index (κ3) is 2.32. The first-order valence-electron chi connectivity index (χ1n) is 6.53. The highest BCUT2D eigenvalue weighted by Gasteiger charge is 2.14. The van der Waals surface area contributed by atoms with Crippen LogP contribution in [0.1, 0.15) is 18.4 Å². The molecule has 0 saturated heterocycles. The van der Waals surface area contributed by atoms with Crippen molar-refractivity contribution in [2.45, 2.75) is 26.4 Å². The number of halogens is 1. The van der Waals surface area contributed by atoms with E-state index in [2.05, 4.69) is 16.5 Å². The molecule has 3 rings (SSSR count). The van der Waals surface area contributed by atoms with Crippen LogP contribution < -0.4 is 5.73 Å². The van der Waals surface area contributed by atoms with E-state index < -0.39 is 0 Å². The van der Waals surface area contributed by atoms with Crippen LogP contribution in [0, 0.1) is 0 Å². The number of hydrogen-bond donors (Lipinski definition) is 1. The van der Waals surface area contributed by atoms with Crippen LogP contribution in [0.4, 0.5) is 0 Å². The van der Waals surface area contributed by atoms with Gasteiger partial charge in [-0.1, -0.05) is 18.5 Å². The van der Waals surface area contributed by atoms with Crippen LogP contribution in [0.5, 0.6) is 0 Å². The van der Waals surface area contributed by atoms with Crippen LogP contribution >= 0.6 is 22.9 Å². The van der Waals surface area contributed by atoms with Gasteiger partial charge >= 0.3 is 0 Å². The van der Waals surface area contributed by atoms with Crippen molar-refractivity contribution in [1.29, 1.82) is 0 Å². The second-order valence-electron chi connectivity index (χ2n) is 4.55. The minimum atomic E-state index is 0.463. The third-order valence-electron chi connectivity index (χ3n) is 3.11. The predicted molar refractivity (Wildman–Crippen MR) is 84.0 cm³/mol. The number of nitrogens with two attached hydrogens (primary N) is 1. The molecule has 1 aromatic carbocycles. The van der Waals surface area contributed by atoms with E-state index in [1.807, 2.05) is 23.6 Å². The van der Waals surface area contributed by atoms with Crippen LogP contribution in [-0.2, 0) is 13.1 Å². The fourth-order valence-electron chi connectivity index (χ4n) is 2.26. The fraction of sp³-hybridized carbons (Fsp3) is 0.286. The molecule has 20 heavy (non-hydrogen) atoms. The molecule has 0 saturated carbocycles. The zero-order valence-corrected chi connectivity index (χ0v) is 12.7. The Morgan fingerprint density at radius 3 is 2.90 bits per heavy atom. The molecule has 0 bridgehead atoms. The Balaban J connectivity index is 2.20. The average molecular weight is 307 g/mol. The van der Waals surface area contributed by atoms with Crippen molar-refractivity contribution in [2.75, 3.05) is 0 Å². The highest BCUT2D eigenvalue weighted by Crippen LogP contribution is 2.28. The lowest BCUT2D eigenvalue weighted by molar-refractivity contribution is 0.702. The van der Waals surface area contributed by atoms with E-state index in [0.29, 0.717) is 11.6 Å². The summed E-state index contributed by atoms with van der Waals surface area (Å²) in [7, 11) is 0. The van der Waals surface area contributed by atoms with Crippen molar-refractivity contribution in [3.05, 3.63) is 33.6 Å². The average Bonchev–Trinajstić information content (AvgIpc) is 3.03. The maximum absolute atomic E-state index is 6.05. The zero-order chi connectivity index (χ0) is 14.1. The third-order valence-corrected chi connectivity index (χ3v) is 4.22. The normalized spacial score (nSPS) is 11.3. The largest absolute Gasteiger partial charge is 0.325 e. The van der Waals surface area contributed by atoms with Gasteiger partial charge in [0.2, 0.25) is 0 Å². The van der Waals surface area contributed by atoms with Crippen LogP contribution in [0.15, 0.2) is 23.6 Å². The van der Waals surface area contributed by atoms with E-state index in [1.165, 1.54) is 0 Å². The summed E-state index contributed by atoms with van der Waals surface area (Å²) in [4.78, 5) is 9.23. The number of hydrogen-bond acceptors (Lipinski definition) is 4. The number of aryl methyl sites for hydroxylation is 1. The molecule has 0 aliphatic carbocycles. The SMILES string of the molecule is CCCn1c(-c2csc(CN)n2)nc2cc(Cl)ccc21. The summed E-state index contributed by atoms with van der Waals surface area (Å²) in [6, 6.07) is 5.80. The van der Waals surface area contributed by atoms with Gasteiger partial charge in [-0.2, -0.15) is 0 Å². The van der Waals surface area contributed by atoms with Crippen LogP contribution in [0.25, 0.3) is 22.6 Å². The van der Waals surface area contributed by atoms with E-state index in [1.54, 1.807) is 11.3 Å². The molecule has 0 aliphatic heterocycles. The number of benzene rings is 1. The minimum absolute atomic E-state index is 0.463. The molecule has 2 aromatic heterocycles. The van der Waals surface area contributed by atoms with Gasteiger partial charge in [-0.15, -0.1) is 11.3 Å². The summed E-state index contributed by atoms with van der Waals surface area (Å²) < 4.78 is 2.20. The summed E-state index contributed by atoms with van der Waals surface area (Å²) in [5.41, 5.74) is 8.52. The molecule has 4 nitrogen and oxygen atoms in total. The molecule has 0 atom stereocenters. The fourth-order valence-corrected chi connectivity index (χ4v) is 3.08. The van der Waals surface area contributed by atoms with Crippen molar-refractivity contribution in [3.8, 4) is 11.5 Å². The summed E-state index contributed by atoms with van der Waals surface area (Å²) in [6.07, 6.45) is 1.04. The first kappa shape index (κ1) is 13.5. The molecule has 0 unspecified atom stereocenters. The van der Waals surface area contributed by atoms with Gasteiger partial charge < -0.3 is 10.3 Å². The Morgan fingerprint density at radius 2 is 2.20 bits per heavy atom. The molecule has 0 fully saturated rings. The highest BCUT2D eigenvalue weighted by molar-refractivity contribution is 7.09. The molecule has 2 heterocycles. The summed E-state index contributed by atoms with van der Waals surface area (Å²) in [5, 5.41) is 3.64. The van der Waals surface area contributed by atoms with Gasteiger partial charge in [-0.3, -0.25) is 0 Å². The molecular weight excluding hydrogens is 292 g/mol. The summed E-state index contributed by atoms with van der Waals surface area (Å²) >= 11 is 7.62. The maximum atomic E-state index is 6.05. The van der Waals surface area contributed by atoms with Gasteiger partial charge in [0.15, 0.2) is 5.82 Å². The number of fused-ring (bicyclic) bond motifs is 1. The highest BCUT2D eigenvalue weighted by atomic mass is 35.5. The number of rotatable bonds is 4. The van der Waals surface area contributed by atoms with Crippen molar-refractivity contribution >= 4 is 34.0 Å². The molecule has 0 amide bonds. The van der Waals surface area contributed by atoms with E-state index in [9.17, 15) is 0 Å². The van der Waals surface area contributed by atoms with Crippen LogP contribution in [0.3, 0.4) is 0 Å². The second-order valence-corrected chi connectivity index (χ2v) is 5.93. The Kier molecular flexibility index (Phi) is 3.74. The Bertz CT molecular complexity index is 747. The summed E-state index contributed by atoms with van der Waals surface area (Å²) in [5.74, 6) is 0.889. The number of imidazole rings is 1. The Morgan fingerprint density at radius 1 is 1.35 bits per heavy atom. The van der Waals surface area contributed by atoms with Crippen molar-refractivity contribution < 1.29 is 0 Å². The smallest absolute Gasteiger partial charge is 0.160 e. The lowest BCUT2D eigenvalue weighted by Crippen LogP contribution is -2.00. The van der Waals surface area contributed by atoms with Gasteiger partial charge in [-0.05, 0) is 24.6 Å². The van der Waals surface area contributed by atoms with Crippen molar-refractivity contribution in [2.24, 2.45) is 5.73 Å². The van der Waals surface area contributed by atoms with Crippen LogP contribution in [0.2, 0.25) is 5.02 Å². The van der Waals surface area contributed by atoms with Gasteiger partial charge in [-0.25, -0.2) is 9.97 Å². The Hall–Kier alpha value is -1.43. The molecule has 2 N–H and O–H groups in total. The van der Waals surface area contributed by atoms with Crippen LogP contribution in [-0.4, -0.2) is 14.5 Å². The van der Waals surface area contributed by atoms with E-state index >= 15 is 0 Å². The predicted octanol–water partition coefficient (Wildman–Crippen LogP) is 3.68. The topological polar surface area (TPSA) is 56.7 Å². The van der Waals surface area contributed by atoms with E-state index in [0.717, 1.165) is 40.5 Å². The molecule has 6 heteroatoms. The second kappa shape index (κ2) is 5.52. The molecule has 0 radical (unpaired) electrons. The lowest BCUT2D eigenvalue weighted by atomic mass is 10.3. The molecule has 0 spiro atoms. The quantitative estimate of drug-likeness (QED) is 0.800. The first-order chi connectivity index (χ1) is 9.72. The standard InChI is InChI=1S/C14H15ClN4S/c1-2-5-19-12-4-3-9(15)6-10(12)18-14(19)11-8-20-13(7-16)17-11/h3-4,6,8H,2,5,7,16H2,1H3. The van der Waals surface area contributed by atoms with E-state index in [4.69, 9.17) is 22.3 Å². The lowest BCUT2D eigenvalue weighted by Gasteiger charge is -2.05. The summed E-state index contributed by atoms with van der Waals surface area (Å²) in [6.45, 7) is 3.52. The van der Waals surface area contributed by atoms with Gasteiger partial charge in [0.1, 0.15) is 10.7 Å². The van der Waals surface area contributed by atoms with Gasteiger partial charge in [0.25, 0.3) is 0 Å². The molecule has 0 aliphatic rings. The first-order valence-corrected chi connectivity index (χ1v) is 7.79. The number of thiazole rings is 1. The minimum Gasteiger partial charge on any atom is -0.325 e. The van der Waals surface area contributed by atoms with Crippen molar-refractivity contribution in [1.82, 2.24) is 14.5 Å². The Labute approximate surface area is 126 Å². The monoisotopic (exact) mass is 306 g/mol.